The van der Waals surface area contributed by atoms with Gasteiger partial charge < -0.3 is 19.4 Å². The van der Waals surface area contributed by atoms with Crippen LogP contribution in [-0.4, -0.2) is 22.0 Å². The van der Waals surface area contributed by atoms with Gasteiger partial charge in [-0.1, -0.05) is 39.2 Å². The van der Waals surface area contributed by atoms with Gasteiger partial charge in [0, 0.05) is 28.6 Å². The molecule has 6 nitrogen and oxygen atoms in total. The zero-order chi connectivity index (χ0) is 23.7. The fraction of sp³-hybridized carbons (Fsp3) is 0.160. The summed E-state index contributed by atoms with van der Waals surface area (Å²) in [5.74, 6) is -0.703. The van der Waals surface area contributed by atoms with E-state index in [1.54, 1.807) is 12.1 Å². The van der Waals surface area contributed by atoms with Crippen LogP contribution < -0.4 is 5.43 Å². The minimum atomic E-state index is -1.15. The highest BCUT2D eigenvalue weighted by atomic mass is 16.4. The molecule has 6 heteroatoms. The van der Waals surface area contributed by atoms with Crippen molar-refractivity contribution in [2.24, 2.45) is 0 Å². The van der Waals surface area contributed by atoms with Gasteiger partial charge in [0.05, 0.1) is 5.57 Å². The third-order valence-electron chi connectivity index (χ3n) is 3.88. The third kappa shape index (κ3) is 6.02. The van der Waals surface area contributed by atoms with Crippen molar-refractivity contribution in [1.82, 2.24) is 0 Å². The van der Waals surface area contributed by atoms with E-state index in [1.165, 1.54) is 50.3 Å². The fourth-order valence-electron chi connectivity index (χ4n) is 2.81. The van der Waals surface area contributed by atoms with Crippen LogP contribution in [0, 0.1) is 0 Å². The van der Waals surface area contributed by atoms with E-state index in [1.807, 2.05) is 13.8 Å². The second-order valence-corrected chi connectivity index (χ2v) is 6.26. The molecule has 1 aliphatic heterocycles. The number of aromatic hydroxyl groups is 1. The van der Waals surface area contributed by atoms with Crippen LogP contribution in [0.5, 0.6) is 5.75 Å². The summed E-state index contributed by atoms with van der Waals surface area (Å²) < 4.78 is 5.73. The zero-order valence-electron chi connectivity index (χ0n) is 18.1. The van der Waals surface area contributed by atoms with Gasteiger partial charge in [-0.05, 0) is 43.7 Å². The van der Waals surface area contributed by atoms with Gasteiger partial charge in [0.2, 0.25) is 0 Å². The van der Waals surface area contributed by atoms with E-state index in [0.29, 0.717) is 27.7 Å². The Bertz CT molecular complexity index is 1180. The number of carboxylic acids is 1. The Morgan fingerprint density at radius 3 is 2.13 bits per heavy atom. The number of hydrogen-bond donors (Lipinski definition) is 2. The van der Waals surface area contributed by atoms with Gasteiger partial charge in [0.15, 0.2) is 5.43 Å². The second kappa shape index (κ2) is 11.3. The highest BCUT2D eigenvalue weighted by Gasteiger charge is 2.21. The summed E-state index contributed by atoms with van der Waals surface area (Å²) in [6, 6.07) is 8.78. The van der Waals surface area contributed by atoms with Crippen molar-refractivity contribution in [2.75, 3.05) is 0 Å². The first-order valence-corrected chi connectivity index (χ1v) is 9.59. The minimum Gasteiger partial charge on any atom is -0.508 e. The van der Waals surface area contributed by atoms with Gasteiger partial charge in [-0.25, -0.2) is 4.79 Å². The summed E-state index contributed by atoms with van der Waals surface area (Å²) in [7, 11) is 0. The number of aliphatic carboxylic acids is 1. The zero-order valence-corrected chi connectivity index (χ0v) is 18.1. The summed E-state index contributed by atoms with van der Waals surface area (Å²) in [4.78, 5) is 32.7. The Hall–Kier alpha value is -3.93. The maximum absolute atomic E-state index is 11.7. The Balaban J connectivity index is 0.000000720. The molecule has 0 fully saturated rings. The molecule has 0 atom stereocenters. The van der Waals surface area contributed by atoms with Crippen molar-refractivity contribution in [2.45, 2.75) is 27.7 Å². The molecule has 0 aromatic heterocycles. The van der Waals surface area contributed by atoms with Crippen molar-refractivity contribution >= 4 is 28.3 Å². The summed E-state index contributed by atoms with van der Waals surface area (Å²) in [6.45, 7) is 14.3. The maximum atomic E-state index is 11.7. The van der Waals surface area contributed by atoms with Crippen LogP contribution in [-0.2, 0) is 9.59 Å². The number of fused-ring (bicyclic) bond motifs is 2. The van der Waals surface area contributed by atoms with Crippen LogP contribution in [0.2, 0.25) is 0 Å². The van der Waals surface area contributed by atoms with Crippen molar-refractivity contribution in [3.63, 3.8) is 0 Å². The molecule has 0 saturated heterocycles. The van der Waals surface area contributed by atoms with Gasteiger partial charge in [-0.3, -0.25) is 4.79 Å². The predicted octanol–water partition coefficient (Wildman–Crippen LogP) is 5.44. The third-order valence-corrected chi connectivity index (χ3v) is 3.88. The van der Waals surface area contributed by atoms with Crippen LogP contribution in [0.25, 0.3) is 27.9 Å². The lowest BCUT2D eigenvalue weighted by molar-refractivity contribution is -0.132. The maximum Gasteiger partial charge on any atom is 0.336 e. The van der Waals surface area contributed by atoms with Gasteiger partial charge in [0.1, 0.15) is 22.9 Å². The van der Waals surface area contributed by atoms with Crippen molar-refractivity contribution in [3.8, 4) is 17.1 Å². The number of carboxylic acid groups (broad SMARTS) is 1. The molecule has 0 bridgehead atoms. The highest BCUT2D eigenvalue weighted by molar-refractivity contribution is 6.08. The Labute approximate surface area is 180 Å². The average molecular weight is 422 g/mol. The first-order chi connectivity index (χ1) is 14.7. The molecule has 3 rings (SSSR count). The molecule has 0 spiro atoms. The lowest BCUT2D eigenvalue weighted by Crippen LogP contribution is -2.05. The molecule has 1 aliphatic carbocycles. The van der Waals surface area contributed by atoms with E-state index in [9.17, 15) is 24.6 Å². The van der Waals surface area contributed by atoms with Crippen LogP contribution >= 0.6 is 0 Å². The Morgan fingerprint density at radius 1 is 1.00 bits per heavy atom. The van der Waals surface area contributed by atoms with Crippen LogP contribution in [0.4, 0.5) is 0 Å². The number of benzene rings is 2. The van der Waals surface area contributed by atoms with Crippen molar-refractivity contribution in [1.29, 1.82) is 0 Å². The smallest absolute Gasteiger partial charge is 0.336 e. The number of carbonyl (C=O) groups is 2. The molecule has 31 heavy (non-hydrogen) atoms. The largest absolute Gasteiger partial charge is 0.508 e. The molecule has 1 aromatic rings. The number of Topliss-reactive ketones (excluding diaryl/α,β-unsaturated/α-hetero) is 1. The summed E-state index contributed by atoms with van der Waals surface area (Å²) in [6.07, 6.45) is 2.67. The number of allylic oxidation sites excluding steroid dienone is 2. The normalized spacial score (nSPS) is 10.7. The number of phenols is 1. The summed E-state index contributed by atoms with van der Waals surface area (Å²) in [5.41, 5.74) is 1.51. The quantitative estimate of drug-likeness (QED) is 0.330. The van der Waals surface area contributed by atoms with Crippen LogP contribution in [0.3, 0.4) is 0 Å². The number of rotatable bonds is 4. The Kier molecular flexibility index (Phi) is 9.16. The number of carbonyl (C=O) groups excluding carboxylic acids is 1. The van der Waals surface area contributed by atoms with Gasteiger partial charge in [-0.15, -0.1) is 0 Å². The van der Waals surface area contributed by atoms with Crippen LogP contribution in [0.15, 0.2) is 76.5 Å². The fourth-order valence-corrected chi connectivity index (χ4v) is 2.81. The van der Waals surface area contributed by atoms with Gasteiger partial charge in [-0.2, -0.15) is 0 Å². The van der Waals surface area contributed by atoms with Crippen molar-refractivity contribution in [3.05, 3.63) is 83.1 Å². The number of ketones is 1. The van der Waals surface area contributed by atoms with Crippen LogP contribution in [0.1, 0.15) is 33.3 Å². The lowest BCUT2D eigenvalue weighted by atomic mass is 9.90. The average Bonchev–Trinajstić information content (AvgIpc) is 2.71. The first kappa shape index (κ1) is 25.1. The molecule has 0 radical (unpaired) electrons. The predicted molar refractivity (Wildman–Crippen MR) is 123 cm³/mol. The standard InChI is InChI=1S/C20H14O5.C3H6O.C2H6/c1-3-13(14(4-2)20(23)24)19-15-7-5-11(21)9-17(15)25-18-10-12(22)6-8-16(18)19;1-3(2)4;1-2/h3-10,21H,1-2H2,(H,23,24);1-2H3;1-2H3/b14-13-;;. The SMILES string of the molecule is C=C/C(C(=O)O)=C(\C=C)c1c2ccc(=O)cc-2oc2cc(O)ccc12.CC.CC(C)=O. The second-order valence-electron chi connectivity index (χ2n) is 6.26. The van der Waals surface area contributed by atoms with E-state index in [2.05, 4.69) is 13.2 Å². The molecule has 1 heterocycles. The molecule has 2 N–H and O–H groups in total. The molecular weight excluding hydrogens is 396 g/mol. The summed E-state index contributed by atoms with van der Waals surface area (Å²) in [5, 5.41) is 19.8. The highest BCUT2D eigenvalue weighted by Crippen LogP contribution is 2.39. The number of hydrogen-bond acceptors (Lipinski definition) is 5. The van der Waals surface area contributed by atoms with E-state index >= 15 is 0 Å². The van der Waals surface area contributed by atoms with Crippen molar-refractivity contribution < 1.29 is 24.2 Å². The molecule has 0 amide bonds. The van der Waals surface area contributed by atoms with E-state index in [4.69, 9.17) is 4.42 Å². The lowest BCUT2D eigenvalue weighted by Gasteiger charge is -2.16. The Morgan fingerprint density at radius 2 is 1.61 bits per heavy atom. The van der Waals surface area contributed by atoms with E-state index < -0.39 is 5.97 Å². The first-order valence-electron chi connectivity index (χ1n) is 9.59. The molecule has 1 aromatic carbocycles. The van der Waals surface area contributed by atoms with Gasteiger partial charge >= 0.3 is 5.97 Å². The van der Waals surface area contributed by atoms with E-state index in [0.717, 1.165) is 0 Å². The molecule has 2 aliphatic rings. The number of phenolic OH excluding ortho intramolecular Hbond substituents is 1. The molecule has 162 valence electrons. The van der Waals surface area contributed by atoms with E-state index in [-0.39, 0.29) is 28.3 Å². The monoisotopic (exact) mass is 422 g/mol. The van der Waals surface area contributed by atoms with Gasteiger partial charge in [0.25, 0.3) is 0 Å². The molecular formula is C25H26O6. The molecule has 0 saturated carbocycles. The minimum absolute atomic E-state index is 0.00820. The topological polar surface area (TPSA) is 105 Å². The summed E-state index contributed by atoms with van der Waals surface area (Å²) >= 11 is 0. The molecule has 0 unspecified atom stereocenters.